The minimum absolute atomic E-state index is 0.234. The zero-order valence-electron chi connectivity index (χ0n) is 14.8. The van der Waals surface area contributed by atoms with Crippen LogP contribution in [-0.2, 0) is 16.1 Å². The SMILES string of the molecule is COCCCNC(=O)NC(=O)C[NH+](C)Cc1ccc2ccccc2c1. The Hall–Kier alpha value is -2.44. The predicted octanol–water partition coefficient (Wildman–Crippen LogP) is 0.717. The Morgan fingerprint density at radius 3 is 2.64 bits per heavy atom. The number of methoxy groups -OCH3 is 1. The maximum atomic E-state index is 11.9. The number of carbonyl (C=O) groups is 2. The number of ether oxygens (including phenoxy) is 1. The van der Waals surface area contributed by atoms with Gasteiger partial charge >= 0.3 is 6.03 Å². The van der Waals surface area contributed by atoms with Gasteiger partial charge in [-0.15, -0.1) is 0 Å². The van der Waals surface area contributed by atoms with Gasteiger partial charge < -0.3 is 15.0 Å². The molecular weight excluding hydrogens is 318 g/mol. The van der Waals surface area contributed by atoms with Gasteiger partial charge in [0.15, 0.2) is 6.54 Å². The highest BCUT2D eigenvalue weighted by molar-refractivity contribution is 5.94. The molecule has 0 fully saturated rings. The van der Waals surface area contributed by atoms with Gasteiger partial charge in [-0.3, -0.25) is 10.1 Å². The average molecular weight is 344 g/mol. The first-order valence-corrected chi connectivity index (χ1v) is 8.44. The lowest BCUT2D eigenvalue weighted by Gasteiger charge is -2.14. The van der Waals surface area contributed by atoms with Gasteiger partial charge in [0.1, 0.15) is 6.54 Å². The number of nitrogens with one attached hydrogen (secondary N) is 3. The summed E-state index contributed by atoms with van der Waals surface area (Å²) in [4.78, 5) is 24.6. The van der Waals surface area contributed by atoms with Gasteiger partial charge in [-0.1, -0.05) is 36.4 Å². The molecule has 134 valence electrons. The maximum absolute atomic E-state index is 11.9. The molecule has 0 aliphatic carbocycles. The van der Waals surface area contributed by atoms with Crippen LogP contribution in [0.25, 0.3) is 10.8 Å². The molecule has 1 unspecified atom stereocenters. The Kier molecular flexibility index (Phi) is 7.37. The summed E-state index contributed by atoms with van der Waals surface area (Å²) >= 11 is 0. The molecule has 25 heavy (non-hydrogen) atoms. The summed E-state index contributed by atoms with van der Waals surface area (Å²) in [6.07, 6.45) is 0.714. The van der Waals surface area contributed by atoms with Crippen LogP contribution in [0.4, 0.5) is 4.79 Å². The van der Waals surface area contributed by atoms with Gasteiger partial charge in [-0.25, -0.2) is 4.79 Å². The highest BCUT2D eigenvalue weighted by atomic mass is 16.5. The number of hydrogen-bond acceptors (Lipinski definition) is 3. The number of amides is 3. The van der Waals surface area contributed by atoms with E-state index in [-0.39, 0.29) is 12.5 Å². The van der Waals surface area contributed by atoms with E-state index in [0.29, 0.717) is 26.1 Å². The van der Waals surface area contributed by atoms with Gasteiger partial charge in [0.2, 0.25) is 0 Å². The summed E-state index contributed by atoms with van der Waals surface area (Å²) in [7, 11) is 3.54. The molecule has 0 saturated heterocycles. The van der Waals surface area contributed by atoms with Gasteiger partial charge in [-0.2, -0.15) is 0 Å². The third-order valence-electron chi connectivity index (χ3n) is 3.85. The molecule has 3 N–H and O–H groups in total. The molecule has 2 aromatic carbocycles. The fourth-order valence-corrected chi connectivity index (χ4v) is 2.67. The Morgan fingerprint density at radius 2 is 1.88 bits per heavy atom. The smallest absolute Gasteiger partial charge is 0.321 e. The second-order valence-corrected chi connectivity index (χ2v) is 6.14. The quantitative estimate of drug-likeness (QED) is 0.618. The van der Waals surface area contributed by atoms with E-state index in [1.165, 1.54) is 10.8 Å². The van der Waals surface area contributed by atoms with E-state index in [9.17, 15) is 9.59 Å². The summed E-state index contributed by atoms with van der Waals surface area (Å²) in [6.45, 7) is 2.01. The number of fused-ring (bicyclic) bond motifs is 1. The van der Waals surface area contributed by atoms with E-state index in [0.717, 1.165) is 10.5 Å². The number of hydrogen-bond donors (Lipinski definition) is 3. The summed E-state index contributed by atoms with van der Waals surface area (Å²) in [5.41, 5.74) is 1.16. The highest BCUT2D eigenvalue weighted by Gasteiger charge is 2.13. The van der Waals surface area contributed by atoms with Crippen LogP contribution in [0.5, 0.6) is 0 Å². The van der Waals surface area contributed by atoms with Crippen LogP contribution >= 0.6 is 0 Å². The minimum Gasteiger partial charge on any atom is -0.385 e. The zero-order chi connectivity index (χ0) is 18.1. The van der Waals surface area contributed by atoms with Crippen molar-refractivity contribution < 1.29 is 19.2 Å². The monoisotopic (exact) mass is 344 g/mol. The maximum Gasteiger partial charge on any atom is 0.321 e. The van der Waals surface area contributed by atoms with Crippen LogP contribution in [0.2, 0.25) is 0 Å². The number of rotatable bonds is 8. The first kappa shape index (κ1) is 18.9. The molecule has 2 rings (SSSR count). The fourth-order valence-electron chi connectivity index (χ4n) is 2.67. The van der Waals surface area contributed by atoms with E-state index in [1.807, 2.05) is 19.2 Å². The van der Waals surface area contributed by atoms with Crippen molar-refractivity contribution in [3.8, 4) is 0 Å². The fraction of sp³-hybridized carbons (Fsp3) is 0.368. The molecule has 0 radical (unpaired) electrons. The molecule has 6 heteroatoms. The lowest BCUT2D eigenvalue weighted by Crippen LogP contribution is -3.09. The number of benzene rings is 2. The lowest BCUT2D eigenvalue weighted by atomic mass is 10.1. The second-order valence-electron chi connectivity index (χ2n) is 6.14. The first-order valence-electron chi connectivity index (χ1n) is 8.44. The average Bonchev–Trinajstić information content (AvgIpc) is 2.58. The summed E-state index contributed by atoms with van der Waals surface area (Å²) in [6, 6.07) is 14.0. The molecule has 0 spiro atoms. The number of likely N-dealkylation sites (N-methyl/N-ethyl adjacent to an activating group) is 1. The summed E-state index contributed by atoms with van der Waals surface area (Å²) in [5, 5.41) is 7.37. The van der Waals surface area contributed by atoms with Crippen LogP contribution in [0.3, 0.4) is 0 Å². The number of urea groups is 1. The number of quaternary nitrogens is 1. The molecule has 6 nitrogen and oxygen atoms in total. The summed E-state index contributed by atoms with van der Waals surface area (Å²) in [5.74, 6) is -0.289. The van der Waals surface area contributed by atoms with Gasteiger partial charge in [0.05, 0.1) is 7.05 Å². The van der Waals surface area contributed by atoms with Crippen LogP contribution < -0.4 is 15.5 Å². The standard InChI is InChI=1S/C19H25N3O3/c1-22(14-18(23)21-19(24)20-10-5-11-25-2)13-15-8-9-16-6-3-4-7-17(16)12-15/h3-4,6-9,12H,5,10-11,13-14H2,1-2H3,(H2,20,21,23,24)/p+1. The molecule has 1 atom stereocenters. The van der Waals surface area contributed by atoms with Crippen molar-refractivity contribution in [2.24, 2.45) is 0 Å². The molecule has 0 aliphatic heterocycles. The topological polar surface area (TPSA) is 71.9 Å². The molecule has 0 bridgehead atoms. The zero-order valence-corrected chi connectivity index (χ0v) is 14.8. The van der Waals surface area contributed by atoms with Crippen molar-refractivity contribution in [1.29, 1.82) is 0 Å². The van der Waals surface area contributed by atoms with Crippen molar-refractivity contribution in [3.63, 3.8) is 0 Å². The van der Waals surface area contributed by atoms with Gasteiger partial charge in [-0.05, 0) is 23.3 Å². The molecule has 0 heterocycles. The lowest BCUT2D eigenvalue weighted by molar-refractivity contribution is -0.885. The Morgan fingerprint density at radius 1 is 1.12 bits per heavy atom. The van der Waals surface area contributed by atoms with Gasteiger partial charge in [0, 0.05) is 25.8 Å². The van der Waals surface area contributed by atoms with E-state index >= 15 is 0 Å². The Labute approximate surface area is 148 Å². The Balaban J connectivity index is 1.77. The molecule has 0 aromatic heterocycles. The molecule has 0 saturated carbocycles. The van der Waals surface area contributed by atoms with E-state index < -0.39 is 6.03 Å². The molecule has 3 amide bonds. The number of carbonyl (C=O) groups excluding carboxylic acids is 2. The number of imide groups is 1. The van der Waals surface area contributed by atoms with Crippen molar-refractivity contribution in [1.82, 2.24) is 10.6 Å². The van der Waals surface area contributed by atoms with Crippen LogP contribution in [0.1, 0.15) is 12.0 Å². The second kappa shape index (κ2) is 9.76. The third kappa shape index (κ3) is 6.52. The normalized spacial score (nSPS) is 11.9. The summed E-state index contributed by atoms with van der Waals surface area (Å²) < 4.78 is 4.90. The van der Waals surface area contributed by atoms with E-state index in [2.05, 4.69) is 41.0 Å². The van der Waals surface area contributed by atoms with Crippen LogP contribution in [-0.4, -0.2) is 45.8 Å². The first-order chi connectivity index (χ1) is 12.1. The predicted molar refractivity (Wildman–Crippen MR) is 97.4 cm³/mol. The van der Waals surface area contributed by atoms with Crippen LogP contribution in [0, 0.1) is 0 Å². The highest BCUT2D eigenvalue weighted by Crippen LogP contribution is 2.14. The van der Waals surface area contributed by atoms with Crippen molar-refractivity contribution in [3.05, 3.63) is 48.0 Å². The van der Waals surface area contributed by atoms with Crippen molar-refractivity contribution in [2.45, 2.75) is 13.0 Å². The van der Waals surface area contributed by atoms with Crippen LogP contribution in [0.15, 0.2) is 42.5 Å². The Bertz CT molecular complexity index is 718. The largest absolute Gasteiger partial charge is 0.385 e. The van der Waals surface area contributed by atoms with E-state index in [1.54, 1.807) is 7.11 Å². The van der Waals surface area contributed by atoms with E-state index in [4.69, 9.17) is 4.74 Å². The van der Waals surface area contributed by atoms with Gasteiger partial charge in [0.25, 0.3) is 5.91 Å². The molecule has 0 aliphatic rings. The minimum atomic E-state index is -0.459. The third-order valence-corrected chi connectivity index (χ3v) is 3.85. The van der Waals surface area contributed by atoms with Crippen molar-refractivity contribution >= 4 is 22.7 Å². The molecule has 2 aromatic rings. The van der Waals surface area contributed by atoms with Crippen molar-refractivity contribution in [2.75, 3.05) is 33.9 Å². The molecular formula is C19H26N3O3+.